The first kappa shape index (κ1) is 17.0. The van der Waals surface area contributed by atoms with Crippen molar-refractivity contribution in [2.45, 2.75) is 40.0 Å². The highest BCUT2D eigenvalue weighted by atomic mass is 14.5. The smallest absolute Gasteiger partial charge is 0.0999 e. The Bertz CT molecular complexity index is 939. The summed E-state index contributed by atoms with van der Waals surface area (Å²) in [6.45, 7) is 10.8. The summed E-state index contributed by atoms with van der Waals surface area (Å²) < 4.78 is 0. The van der Waals surface area contributed by atoms with E-state index in [2.05, 4.69) is 51.6 Å². The van der Waals surface area contributed by atoms with Gasteiger partial charge in [-0.1, -0.05) is 38.1 Å². The standard InChI is InChI=1S/C23H24N2/c1-5-6-21-16(4)23-18(10-20(25)11-19(23)13-24)12-22(21)17-8-7-14(2)15(3)9-17/h7-11H,4-6,12,25H2,1-3H3. The minimum atomic E-state index is 0.632. The van der Waals surface area contributed by atoms with Crippen molar-refractivity contribution in [2.75, 3.05) is 5.73 Å². The molecule has 0 saturated heterocycles. The SMILES string of the molecule is C=C1C(CCC)=C(c2ccc(C)c(C)c2)Cc2cc(N)cc(C#N)c21. The normalized spacial score (nSPS) is 13.6. The van der Waals surface area contributed by atoms with Gasteiger partial charge in [-0.3, -0.25) is 0 Å². The number of nitriles is 1. The van der Waals surface area contributed by atoms with E-state index in [0.717, 1.165) is 36.0 Å². The van der Waals surface area contributed by atoms with Gasteiger partial charge in [0.05, 0.1) is 11.6 Å². The van der Waals surface area contributed by atoms with Crippen LogP contribution in [0.3, 0.4) is 0 Å². The molecule has 2 aromatic rings. The third-order valence-electron chi connectivity index (χ3n) is 5.12. The number of nitrogens with two attached hydrogens (primary N) is 1. The number of nitrogen functional groups attached to an aromatic ring is 1. The number of benzene rings is 2. The Morgan fingerprint density at radius 2 is 1.92 bits per heavy atom. The summed E-state index contributed by atoms with van der Waals surface area (Å²) in [5.74, 6) is 0. The second-order valence-corrected chi connectivity index (χ2v) is 6.88. The van der Waals surface area contributed by atoms with E-state index in [9.17, 15) is 5.26 Å². The van der Waals surface area contributed by atoms with Crippen molar-refractivity contribution in [1.29, 1.82) is 5.26 Å². The fraction of sp³-hybridized carbons (Fsp3) is 0.261. The quantitative estimate of drug-likeness (QED) is 0.748. The molecule has 0 aliphatic heterocycles. The molecule has 2 aromatic carbocycles. The third kappa shape index (κ3) is 2.98. The number of rotatable bonds is 3. The fourth-order valence-corrected chi connectivity index (χ4v) is 3.70. The molecule has 2 N–H and O–H groups in total. The van der Waals surface area contributed by atoms with E-state index in [1.54, 1.807) is 6.07 Å². The molecule has 1 aliphatic rings. The highest BCUT2D eigenvalue weighted by molar-refractivity contribution is 5.95. The Morgan fingerprint density at radius 3 is 2.56 bits per heavy atom. The van der Waals surface area contributed by atoms with Crippen molar-refractivity contribution in [1.82, 2.24) is 0 Å². The molecule has 0 aromatic heterocycles. The molecular weight excluding hydrogens is 304 g/mol. The van der Waals surface area contributed by atoms with E-state index in [4.69, 9.17) is 5.73 Å². The molecule has 3 rings (SSSR count). The maximum atomic E-state index is 9.54. The molecule has 0 amide bonds. The first-order valence-corrected chi connectivity index (χ1v) is 8.78. The van der Waals surface area contributed by atoms with Crippen LogP contribution in [0.5, 0.6) is 0 Å². The van der Waals surface area contributed by atoms with Crippen LogP contribution in [0.2, 0.25) is 0 Å². The Labute approximate surface area is 150 Å². The zero-order chi connectivity index (χ0) is 18.1. The predicted molar refractivity (Wildman–Crippen MR) is 106 cm³/mol. The largest absolute Gasteiger partial charge is 0.399 e. The highest BCUT2D eigenvalue weighted by Crippen LogP contribution is 2.43. The van der Waals surface area contributed by atoms with Gasteiger partial charge >= 0.3 is 0 Å². The van der Waals surface area contributed by atoms with Crippen LogP contribution in [0.15, 0.2) is 42.5 Å². The van der Waals surface area contributed by atoms with Crippen molar-refractivity contribution in [3.63, 3.8) is 0 Å². The van der Waals surface area contributed by atoms with Gasteiger partial charge in [-0.05, 0) is 77.8 Å². The van der Waals surface area contributed by atoms with E-state index in [-0.39, 0.29) is 0 Å². The zero-order valence-corrected chi connectivity index (χ0v) is 15.2. The summed E-state index contributed by atoms with van der Waals surface area (Å²) in [4.78, 5) is 0. The summed E-state index contributed by atoms with van der Waals surface area (Å²) in [7, 11) is 0. The van der Waals surface area contributed by atoms with E-state index in [1.807, 2.05) is 6.07 Å². The summed E-state index contributed by atoms with van der Waals surface area (Å²) in [6.07, 6.45) is 2.82. The molecule has 2 nitrogen and oxygen atoms in total. The van der Waals surface area contributed by atoms with Crippen LogP contribution in [0, 0.1) is 25.2 Å². The van der Waals surface area contributed by atoms with Crippen molar-refractivity contribution < 1.29 is 0 Å². The van der Waals surface area contributed by atoms with Crippen LogP contribution < -0.4 is 5.73 Å². The number of hydrogen-bond donors (Lipinski definition) is 1. The van der Waals surface area contributed by atoms with Gasteiger partial charge in [0.2, 0.25) is 0 Å². The number of aryl methyl sites for hydroxylation is 2. The Hall–Kier alpha value is -2.79. The molecule has 0 bridgehead atoms. The topological polar surface area (TPSA) is 49.8 Å². The second kappa shape index (κ2) is 6.61. The molecular formula is C23H24N2. The van der Waals surface area contributed by atoms with Gasteiger partial charge in [0.1, 0.15) is 0 Å². The van der Waals surface area contributed by atoms with Gasteiger partial charge < -0.3 is 5.73 Å². The monoisotopic (exact) mass is 328 g/mol. The minimum absolute atomic E-state index is 0.632. The number of hydrogen-bond acceptors (Lipinski definition) is 2. The molecule has 0 spiro atoms. The van der Waals surface area contributed by atoms with Crippen LogP contribution in [0.4, 0.5) is 5.69 Å². The number of fused-ring (bicyclic) bond motifs is 1. The molecule has 1 aliphatic carbocycles. The number of anilines is 1. The number of allylic oxidation sites excluding steroid dienone is 3. The molecule has 0 saturated carbocycles. The molecule has 126 valence electrons. The first-order chi connectivity index (χ1) is 12.0. The van der Waals surface area contributed by atoms with Crippen LogP contribution in [0.25, 0.3) is 11.1 Å². The molecule has 2 heteroatoms. The summed E-state index contributed by atoms with van der Waals surface area (Å²) >= 11 is 0. The first-order valence-electron chi connectivity index (χ1n) is 8.78. The van der Waals surface area contributed by atoms with Gasteiger partial charge in [0, 0.05) is 11.3 Å². The average Bonchev–Trinajstić information content (AvgIpc) is 2.58. The predicted octanol–water partition coefficient (Wildman–Crippen LogP) is 5.58. The lowest BCUT2D eigenvalue weighted by Crippen LogP contribution is -2.10. The zero-order valence-electron chi connectivity index (χ0n) is 15.2. The highest BCUT2D eigenvalue weighted by Gasteiger charge is 2.25. The van der Waals surface area contributed by atoms with E-state index >= 15 is 0 Å². The Kier molecular flexibility index (Phi) is 4.51. The maximum absolute atomic E-state index is 9.54. The lowest BCUT2D eigenvalue weighted by Gasteiger charge is -2.27. The second-order valence-electron chi connectivity index (χ2n) is 6.88. The summed E-state index contributed by atoms with van der Waals surface area (Å²) in [6, 6.07) is 12.7. The van der Waals surface area contributed by atoms with Gasteiger partial charge in [0.25, 0.3) is 0 Å². The lowest BCUT2D eigenvalue weighted by atomic mass is 9.77. The number of nitrogens with zero attached hydrogens (tertiary/aromatic N) is 1. The Balaban J connectivity index is 2.22. The third-order valence-corrected chi connectivity index (χ3v) is 5.12. The maximum Gasteiger partial charge on any atom is 0.0999 e. The molecule has 0 atom stereocenters. The van der Waals surface area contributed by atoms with Crippen molar-refractivity contribution in [2.24, 2.45) is 0 Å². The van der Waals surface area contributed by atoms with Crippen molar-refractivity contribution in [3.8, 4) is 6.07 Å². The molecule has 0 fully saturated rings. The van der Waals surface area contributed by atoms with Gasteiger partial charge in [0.15, 0.2) is 0 Å². The van der Waals surface area contributed by atoms with Crippen LogP contribution >= 0.6 is 0 Å². The van der Waals surface area contributed by atoms with Gasteiger partial charge in [-0.25, -0.2) is 0 Å². The summed E-state index contributed by atoms with van der Waals surface area (Å²) in [5.41, 5.74) is 16.8. The van der Waals surface area contributed by atoms with Gasteiger partial charge in [-0.2, -0.15) is 5.26 Å². The molecule has 0 heterocycles. The molecule has 25 heavy (non-hydrogen) atoms. The molecule has 0 radical (unpaired) electrons. The minimum Gasteiger partial charge on any atom is -0.399 e. The lowest BCUT2D eigenvalue weighted by molar-refractivity contribution is 0.923. The summed E-state index contributed by atoms with van der Waals surface area (Å²) in [5, 5.41) is 9.54. The van der Waals surface area contributed by atoms with E-state index < -0.39 is 0 Å². The van der Waals surface area contributed by atoms with Gasteiger partial charge in [-0.15, -0.1) is 0 Å². The Morgan fingerprint density at radius 1 is 1.16 bits per heavy atom. The van der Waals surface area contributed by atoms with E-state index in [1.165, 1.54) is 27.8 Å². The van der Waals surface area contributed by atoms with E-state index in [0.29, 0.717) is 11.3 Å². The van der Waals surface area contributed by atoms with Crippen molar-refractivity contribution in [3.05, 3.63) is 75.9 Å². The van der Waals surface area contributed by atoms with Crippen molar-refractivity contribution >= 4 is 16.8 Å². The van der Waals surface area contributed by atoms with Crippen LogP contribution in [-0.2, 0) is 6.42 Å². The van der Waals surface area contributed by atoms with Crippen LogP contribution in [0.1, 0.15) is 53.1 Å². The fourth-order valence-electron chi connectivity index (χ4n) is 3.70. The average molecular weight is 328 g/mol. The van der Waals surface area contributed by atoms with Crippen LogP contribution in [-0.4, -0.2) is 0 Å². The molecule has 0 unspecified atom stereocenters.